The first kappa shape index (κ1) is 11.9. The number of alkyl halides is 2. The first-order valence-corrected chi connectivity index (χ1v) is 5.44. The fraction of sp³-hybridized carbons (Fsp3) is 1.00. The van der Waals surface area contributed by atoms with Gasteiger partial charge < -0.3 is 5.73 Å². The predicted octanol–water partition coefficient (Wildman–Crippen LogP) is 1.85. The standard InChI is InChI=1S/C10H20F2N2/c11-10(12,8-13)9-14-6-4-2-1-3-5-7-14/h1-9,13H2. The molecule has 0 bridgehead atoms. The molecule has 0 amide bonds. The van der Waals surface area contributed by atoms with E-state index in [9.17, 15) is 8.78 Å². The molecule has 0 aromatic rings. The molecule has 2 nitrogen and oxygen atoms in total. The topological polar surface area (TPSA) is 29.3 Å². The summed E-state index contributed by atoms with van der Waals surface area (Å²) in [6, 6.07) is 0. The van der Waals surface area contributed by atoms with Gasteiger partial charge in [0.25, 0.3) is 5.92 Å². The fourth-order valence-electron chi connectivity index (χ4n) is 1.86. The average molecular weight is 206 g/mol. The van der Waals surface area contributed by atoms with Crippen LogP contribution in [0.1, 0.15) is 32.1 Å². The smallest absolute Gasteiger partial charge is 0.272 e. The van der Waals surface area contributed by atoms with Crippen LogP contribution in [0.5, 0.6) is 0 Å². The molecule has 0 atom stereocenters. The molecule has 0 aromatic carbocycles. The van der Waals surface area contributed by atoms with E-state index in [4.69, 9.17) is 5.73 Å². The van der Waals surface area contributed by atoms with Crippen molar-refractivity contribution in [3.05, 3.63) is 0 Å². The first-order valence-electron chi connectivity index (χ1n) is 5.44. The van der Waals surface area contributed by atoms with Crippen molar-refractivity contribution in [2.75, 3.05) is 26.2 Å². The van der Waals surface area contributed by atoms with Crippen molar-refractivity contribution in [3.8, 4) is 0 Å². The number of hydrogen-bond acceptors (Lipinski definition) is 2. The lowest BCUT2D eigenvalue weighted by atomic mass is 10.1. The molecule has 0 radical (unpaired) electrons. The Balaban J connectivity index is 2.33. The molecule has 0 aliphatic carbocycles. The van der Waals surface area contributed by atoms with E-state index in [0.717, 1.165) is 25.9 Å². The van der Waals surface area contributed by atoms with E-state index in [0.29, 0.717) is 0 Å². The van der Waals surface area contributed by atoms with Gasteiger partial charge in [-0.1, -0.05) is 19.3 Å². The molecule has 1 fully saturated rings. The van der Waals surface area contributed by atoms with Gasteiger partial charge in [0.05, 0.1) is 13.1 Å². The number of nitrogens with two attached hydrogens (primary N) is 1. The number of halogens is 2. The van der Waals surface area contributed by atoms with Gasteiger partial charge in [0, 0.05) is 0 Å². The van der Waals surface area contributed by atoms with Gasteiger partial charge in [-0.05, 0) is 25.9 Å². The third-order valence-corrected chi connectivity index (χ3v) is 2.70. The molecule has 1 heterocycles. The van der Waals surface area contributed by atoms with Crippen molar-refractivity contribution in [2.45, 2.75) is 38.0 Å². The molecule has 0 saturated carbocycles. The fourth-order valence-corrected chi connectivity index (χ4v) is 1.86. The van der Waals surface area contributed by atoms with E-state index in [-0.39, 0.29) is 6.54 Å². The van der Waals surface area contributed by atoms with Gasteiger partial charge in [-0.2, -0.15) is 0 Å². The lowest BCUT2D eigenvalue weighted by Gasteiger charge is -2.27. The Kier molecular flexibility index (Phi) is 4.75. The summed E-state index contributed by atoms with van der Waals surface area (Å²) in [5.74, 6) is -2.71. The van der Waals surface area contributed by atoms with Gasteiger partial charge in [0.15, 0.2) is 0 Å². The van der Waals surface area contributed by atoms with Crippen LogP contribution < -0.4 is 5.73 Å². The van der Waals surface area contributed by atoms with Crippen LogP contribution in [0.25, 0.3) is 0 Å². The summed E-state index contributed by atoms with van der Waals surface area (Å²) in [7, 11) is 0. The normalized spacial score (nSPS) is 21.6. The van der Waals surface area contributed by atoms with Crippen LogP contribution in [0, 0.1) is 0 Å². The van der Waals surface area contributed by atoms with E-state index in [1.165, 1.54) is 19.3 Å². The molecule has 0 spiro atoms. The summed E-state index contributed by atoms with van der Waals surface area (Å²) in [6.07, 6.45) is 5.68. The molecule has 1 aliphatic heterocycles. The molecule has 4 heteroatoms. The van der Waals surface area contributed by atoms with Crippen molar-refractivity contribution in [1.82, 2.24) is 4.90 Å². The Morgan fingerprint density at radius 2 is 1.50 bits per heavy atom. The van der Waals surface area contributed by atoms with Crippen molar-refractivity contribution in [1.29, 1.82) is 0 Å². The Morgan fingerprint density at radius 3 is 2.00 bits per heavy atom. The summed E-state index contributed by atoms with van der Waals surface area (Å²) < 4.78 is 26.0. The Hall–Kier alpha value is -0.220. The molecule has 0 aromatic heterocycles. The Morgan fingerprint density at radius 1 is 1.00 bits per heavy atom. The molecule has 1 rings (SSSR count). The monoisotopic (exact) mass is 206 g/mol. The zero-order valence-electron chi connectivity index (χ0n) is 8.64. The van der Waals surface area contributed by atoms with E-state index >= 15 is 0 Å². The summed E-state index contributed by atoms with van der Waals surface area (Å²) in [5, 5.41) is 0. The van der Waals surface area contributed by atoms with E-state index in [2.05, 4.69) is 0 Å². The molecule has 14 heavy (non-hydrogen) atoms. The number of rotatable bonds is 3. The maximum absolute atomic E-state index is 13.0. The second-order valence-electron chi connectivity index (χ2n) is 4.10. The molecule has 1 saturated heterocycles. The maximum atomic E-state index is 13.0. The lowest BCUT2D eigenvalue weighted by Crippen LogP contribution is -2.42. The minimum atomic E-state index is -2.71. The van der Waals surface area contributed by atoms with E-state index < -0.39 is 12.5 Å². The van der Waals surface area contributed by atoms with Crippen molar-refractivity contribution in [3.63, 3.8) is 0 Å². The third-order valence-electron chi connectivity index (χ3n) is 2.70. The minimum absolute atomic E-state index is 0.163. The third kappa shape index (κ3) is 4.33. The van der Waals surface area contributed by atoms with Crippen LogP contribution in [0.4, 0.5) is 8.78 Å². The SMILES string of the molecule is NCC(F)(F)CN1CCCCCCC1. The summed E-state index contributed by atoms with van der Waals surface area (Å²) in [4.78, 5) is 1.85. The molecule has 84 valence electrons. The molecular formula is C10H20F2N2. The zero-order valence-corrected chi connectivity index (χ0v) is 8.64. The van der Waals surface area contributed by atoms with E-state index in [1.54, 1.807) is 0 Å². The Labute approximate surface area is 84.4 Å². The van der Waals surface area contributed by atoms with E-state index in [1.807, 2.05) is 4.90 Å². The van der Waals surface area contributed by atoms with Gasteiger partial charge >= 0.3 is 0 Å². The van der Waals surface area contributed by atoms with Crippen molar-refractivity contribution >= 4 is 0 Å². The quantitative estimate of drug-likeness (QED) is 0.763. The second-order valence-corrected chi connectivity index (χ2v) is 4.10. The largest absolute Gasteiger partial charge is 0.325 e. The van der Waals surface area contributed by atoms with Gasteiger partial charge in [-0.15, -0.1) is 0 Å². The molecule has 1 aliphatic rings. The van der Waals surface area contributed by atoms with Crippen LogP contribution >= 0.6 is 0 Å². The van der Waals surface area contributed by atoms with Gasteiger partial charge in [0.2, 0.25) is 0 Å². The van der Waals surface area contributed by atoms with Crippen LogP contribution in [0.3, 0.4) is 0 Å². The average Bonchev–Trinajstić information content (AvgIpc) is 2.10. The predicted molar refractivity (Wildman–Crippen MR) is 53.5 cm³/mol. The number of likely N-dealkylation sites (tertiary alicyclic amines) is 1. The second kappa shape index (κ2) is 5.61. The zero-order chi connectivity index (χ0) is 10.4. The molecule has 2 N–H and O–H groups in total. The summed E-state index contributed by atoms with van der Waals surface area (Å²) in [6.45, 7) is 0.901. The minimum Gasteiger partial charge on any atom is -0.325 e. The van der Waals surface area contributed by atoms with Crippen LogP contribution in [0.15, 0.2) is 0 Å². The van der Waals surface area contributed by atoms with Crippen LogP contribution in [-0.2, 0) is 0 Å². The van der Waals surface area contributed by atoms with Crippen molar-refractivity contribution < 1.29 is 8.78 Å². The summed E-state index contributed by atoms with van der Waals surface area (Å²) >= 11 is 0. The number of hydrogen-bond donors (Lipinski definition) is 1. The first-order chi connectivity index (χ1) is 6.64. The maximum Gasteiger partial charge on any atom is 0.272 e. The lowest BCUT2D eigenvalue weighted by molar-refractivity contribution is -0.0249. The van der Waals surface area contributed by atoms with Crippen LogP contribution in [-0.4, -0.2) is 37.0 Å². The van der Waals surface area contributed by atoms with Gasteiger partial charge in [-0.25, -0.2) is 8.78 Å². The van der Waals surface area contributed by atoms with Crippen molar-refractivity contribution in [2.24, 2.45) is 5.73 Å². The molecule has 0 unspecified atom stereocenters. The van der Waals surface area contributed by atoms with Gasteiger partial charge in [0.1, 0.15) is 0 Å². The highest BCUT2D eigenvalue weighted by atomic mass is 19.3. The Bertz CT molecular complexity index is 154. The highest BCUT2D eigenvalue weighted by Crippen LogP contribution is 2.17. The number of nitrogens with zero attached hydrogens (tertiary/aromatic N) is 1. The van der Waals surface area contributed by atoms with Crippen LogP contribution in [0.2, 0.25) is 0 Å². The molecular weight excluding hydrogens is 186 g/mol. The summed E-state index contributed by atoms with van der Waals surface area (Å²) in [5.41, 5.74) is 5.02. The highest BCUT2D eigenvalue weighted by molar-refractivity contribution is 4.74. The highest BCUT2D eigenvalue weighted by Gasteiger charge is 2.29. The van der Waals surface area contributed by atoms with Gasteiger partial charge in [-0.3, -0.25) is 4.90 Å².